The Hall–Kier alpha value is -5.08. The van der Waals surface area contributed by atoms with E-state index >= 15 is 0 Å². The molecule has 14 heteroatoms. The number of aromatic carboxylic acids is 2. The van der Waals surface area contributed by atoms with Gasteiger partial charge in [0, 0.05) is 0 Å². The van der Waals surface area contributed by atoms with Gasteiger partial charge >= 0.3 is 11.9 Å². The summed E-state index contributed by atoms with van der Waals surface area (Å²) in [6.45, 7) is 0. The third kappa shape index (κ3) is 6.45. The molecule has 0 saturated heterocycles. The molecule has 4 aromatic carbocycles. The van der Waals surface area contributed by atoms with Crippen molar-refractivity contribution < 1.29 is 46.1 Å². The summed E-state index contributed by atoms with van der Waals surface area (Å²) in [5.41, 5.74) is 0.840. The lowest BCUT2D eigenvalue weighted by Gasteiger charge is -2.13. The molecular formula is C28H24N2O10S2. The molecule has 0 aliphatic rings. The van der Waals surface area contributed by atoms with E-state index in [1.807, 2.05) is 0 Å². The molecule has 0 spiro atoms. The van der Waals surface area contributed by atoms with Gasteiger partial charge in [-0.15, -0.1) is 0 Å². The number of rotatable bonds is 11. The molecule has 0 fully saturated rings. The highest BCUT2D eigenvalue weighted by Gasteiger charge is 2.20. The van der Waals surface area contributed by atoms with Crippen molar-refractivity contribution in [2.24, 2.45) is 0 Å². The van der Waals surface area contributed by atoms with Crippen molar-refractivity contribution in [3.05, 3.63) is 96.1 Å². The molecule has 218 valence electrons. The summed E-state index contributed by atoms with van der Waals surface area (Å²) < 4.78 is 66.9. The SMILES string of the molecule is COc1ccc(C(=O)O)cc1NS(=O)(=O)c1ccc(-c2ccc(S(=O)(=O)Nc3cc(C(=O)O)ccc3OC)cc2)cc1. The monoisotopic (exact) mass is 612 g/mol. The van der Waals surface area contributed by atoms with Crippen molar-refractivity contribution in [2.75, 3.05) is 23.7 Å². The number of carboxylic acids is 2. The Morgan fingerprint density at radius 3 is 1.19 bits per heavy atom. The molecule has 4 aromatic rings. The van der Waals surface area contributed by atoms with Gasteiger partial charge in [-0.1, -0.05) is 24.3 Å². The first kappa shape index (κ1) is 29.9. The quantitative estimate of drug-likeness (QED) is 0.190. The van der Waals surface area contributed by atoms with E-state index in [-0.39, 0.29) is 43.8 Å². The Kier molecular flexibility index (Phi) is 8.40. The normalized spacial score (nSPS) is 11.4. The molecule has 0 radical (unpaired) electrons. The highest BCUT2D eigenvalue weighted by atomic mass is 32.2. The van der Waals surface area contributed by atoms with Crippen LogP contribution >= 0.6 is 0 Å². The second kappa shape index (κ2) is 11.8. The second-order valence-corrected chi connectivity index (χ2v) is 12.1. The van der Waals surface area contributed by atoms with Crippen molar-refractivity contribution in [3.8, 4) is 22.6 Å². The van der Waals surface area contributed by atoms with Crippen LogP contribution in [0.2, 0.25) is 0 Å². The maximum Gasteiger partial charge on any atom is 0.335 e. The van der Waals surface area contributed by atoms with E-state index in [0.717, 1.165) is 12.1 Å². The average Bonchev–Trinajstić information content (AvgIpc) is 2.96. The highest BCUT2D eigenvalue weighted by Crippen LogP contribution is 2.31. The van der Waals surface area contributed by atoms with Gasteiger partial charge in [0.05, 0.1) is 46.5 Å². The lowest BCUT2D eigenvalue weighted by Crippen LogP contribution is -2.14. The third-order valence-electron chi connectivity index (χ3n) is 6.04. The molecule has 0 amide bonds. The zero-order valence-electron chi connectivity index (χ0n) is 22.1. The standard InChI is InChI=1S/C28H24N2O10S2/c1-39-25-13-7-19(27(31)32)15-23(25)29-41(35,36)21-9-3-17(4-10-21)18-5-11-22(12-6-18)42(37,38)30-24-16-20(28(33)34)8-14-26(24)40-2/h3-16,29-30H,1-2H3,(H,31,32)(H,33,34). The van der Waals surface area contributed by atoms with Gasteiger partial charge in [0.2, 0.25) is 0 Å². The van der Waals surface area contributed by atoms with E-state index in [1.54, 1.807) is 0 Å². The number of ether oxygens (including phenoxy) is 2. The number of carboxylic acid groups (broad SMARTS) is 2. The number of nitrogens with one attached hydrogen (secondary N) is 2. The maximum atomic E-state index is 13.0. The smallest absolute Gasteiger partial charge is 0.335 e. The van der Waals surface area contributed by atoms with Gasteiger partial charge in [0.1, 0.15) is 11.5 Å². The Morgan fingerprint density at radius 1 is 0.571 bits per heavy atom. The minimum absolute atomic E-state index is 0.0424. The summed E-state index contributed by atoms with van der Waals surface area (Å²) >= 11 is 0. The number of methoxy groups -OCH3 is 2. The topological polar surface area (TPSA) is 185 Å². The van der Waals surface area contributed by atoms with Crippen LogP contribution in [0.3, 0.4) is 0 Å². The van der Waals surface area contributed by atoms with Crippen LogP contribution in [0.4, 0.5) is 11.4 Å². The van der Waals surface area contributed by atoms with Crippen LogP contribution in [0.15, 0.2) is 94.7 Å². The summed E-state index contributed by atoms with van der Waals surface area (Å²) in [6, 6.07) is 19.1. The number of hydrogen-bond acceptors (Lipinski definition) is 8. The van der Waals surface area contributed by atoms with Crippen LogP contribution in [0, 0.1) is 0 Å². The Balaban J connectivity index is 1.54. The van der Waals surface area contributed by atoms with E-state index in [2.05, 4.69) is 9.44 Å². The van der Waals surface area contributed by atoms with E-state index < -0.39 is 32.0 Å². The molecule has 42 heavy (non-hydrogen) atoms. The van der Waals surface area contributed by atoms with Crippen LogP contribution in [-0.4, -0.2) is 53.2 Å². The number of carbonyl (C=O) groups is 2. The fourth-order valence-corrected chi connectivity index (χ4v) is 6.02. The minimum atomic E-state index is -4.11. The van der Waals surface area contributed by atoms with E-state index in [0.29, 0.717) is 11.1 Å². The molecule has 0 bridgehead atoms. The van der Waals surface area contributed by atoms with Crippen LogP contribution < -0.4 is 18.9 Å². The first-order valence-electron chi connectivity index (χ1n) is 11.9. The molecule has 0 atom stereocenters. The van der Waals surface area contributed by atoms with Gasteiger partial charge < -0.3 is 19.7 Å². The van der Waals surface area contributed by atoms with Gasteiger partial charge in [-0.05, 0) is 71.8 Å². The molecular weight excluding hydrogens is 588 g/mol. The summed E-state index contributed by atoms with van der Waals surface area (Å²) in [6.07, 6.45) is 0. The molecule has 0 heterocycles. The van der Waals surface area contributed by atoms with Crippen LogP contribution in [0.1, 0.15) is 20.7 Å². The van der Waals surface area contributed by atoms with Crippen molar-refractivity contribution >= 4 is 43.4 Å². The second-order valence-electron chi connectivity index (χ2n) is 8.70. The lowest BCUT2D eigenvalue weighted by atomic mass is 10.1. The molecule has 0 saturated carbocycles. The van der Waals surface area contributed by atoms with Gasteiger partial charge in [-0.2, -0.15) is 0 Å². The van der Waals surface area contributed by atoms with Gasteiger partial charge in [-0.3, -0.25) is 9.44 Å². The minimum Gasteiger partial charge on any atom is -0.495 e. The van der Waals surface area contributed by atoms with Gasteiger partial charge in [-0.25, -0.2) is 26.4 Å². The molecule has 0 aromatic heterocycles. The zero-order valence-corrected chi connectivity index (χ0v) is 23.7. The van der Waals surface area contributed by atoms with E-state index in [1.165, 1.54) is 87.0 Å². The average molecular weight is 613 g/mol. The van der Waals surface area contributed by atoms with Gasteiger partial charge in [0.15, 0.2) is 0 Å². The van der Waals surface area contributed by atoms with Crippen molar-refractivity contribution in [2.45, 2.75) is 9.79 Å². The first-order valence-corrected chi connectivity index (χ1v) is 14.9. The van der Waals surface area contributed by atoms with Crippen molar-refractivity contribution in [1.82, 2.24) is 0 Å². The fourth-order valence-electron chi connectivity index (χ4n) is 3.90. The first-order chi connectivity index (χ1) is 19.8. The lowest BCUT2D eigenvalue weighted by molar-refractivity contribution is 0.0686. The predicted octanol–water partition coefficient (Wildman–Crippen LogP) is 4.37. The number of hydrogen-bond donors (Lipinski definition) is 4. The van der Waals surface area contributed by atoms with Crippen LogP contribution in [-0.2, 0) is 20.0 Å². The molecule has 4 rings (SSSR count). The molecule has 0 unspecified atom stereocenters. The third-order valence-corrected chi connectivity index (χ3v) is 8.81. The van der Waals surface area contributed by atoms with Crippen molar-refractivity contribution in [3.63, 3.8) is 0 Å². The zero-order chi connectivity index (χ0) is 30.7. The summed E-state index contributed by atoms with van der Waals surface area (Å²) in [7, 11) is -5.59. The number of anilines is 2. The Labute approximate surface area is 241 Å². The summed E-state index contributed by atoms with van der Waals surface area (Å²) in [5.74, 6) is -2.19. The van der Waals surface area contributed by atoms with Gasteiger partial charge in [0.25, 0.3) is 20.0 Å². The Morgan fingerprint density at radius 2 is 0.905 bits per heavy atom. The maximum absolute atomic E-state index is 13.0. The van der Waals surface area contributed by atoms with E-state index in [9.17, 15) is 36.6 Å². The number of sulfonamides is 2. The predicted molar refractivity (Wildman–Crippen MR) is 153 cm³/mol. The van der Waals surface area contributed by atoms with Crippen LogP contribution in [0.5, 0.6) is 11.5 Å². The van der Waals surface area contributed by atoms with Crippen molar-refractivity contribution in [1.29, 1.82) is 0 Å². The van der Waals surface area contributed by atoms with E-state index in [4.69, 9.17) is 9.47 Å². The summed E-state index contributed by atoms with van der Waals surface area (Å²) in [5, 5.41) is 18.4. The number of benzene rings is 4. The fraction of sp³-hybridized carbons (Fsp3) is 0.0714. The molecule has 4 N–H and O–H groups in total. The molecule has 0 aliphatic heterocycles. The molecule has 0 aliphatic carbocycles. The Bertz CT molecular complexity index is 1730. The summed E-state index contributed by atoms with van der Waals surface area (Å²) in [4.78, 5) is 22.4. The molecule has 12 nitrogen and oxygen atoms in total. The largest absolute Gasteiger partial charge is 0.495 e. The highest BCUT2D eigenvalue weighted by molar-refractivity contribution is 7.93. The van der Waals surface area contributed by atoms with Crippen LogP contribution in [0.25, 0.3) is 11.1 Å².